The van der Waals surface area contributed by atoms with Crippen LogP contribution in [0.1, 0.15) is 16.1 Å². The highest BCUT2D eigenvalue weighted by Gasteiger charge is 2.11. The third-order valence-electron chi connectivity index (χ3n) is 2.97. The predicted octanol–water partition coefficient (Wildman–Crippen LogP) is 1.08. The number of hydrogen-bond acceptors (Lipinski definition) is 7. The molecule has 0 radical (unpaired) electrons. The van der Waals surface area contributed by atoms with E-state index in [0.29, 0.717) is 11.3 Å². The quantitative estimate of drug-likeness (QED) is 0.437. The number of nitro benzene ring substituents is 1. The molecule has 10 heteroatoms. The summed E-state index contributed by atoms with van der Waals surface area (Å²) >= 11 is 0. The SMILES string of the molecule is COc1ccc([N+](=O)[O-])cc1/C=N\NC(=O)CNC(=O)c1ccco1. The van der Waals surface area contributed by atoms with Gasteiger partial charge in [0, 0.05) is 17.7 Å². The van der Waals surface area contributed by atoms with Crippen LogP contribution < -0.4 is 15.5 Å². The second kappa shape index (κ2) is 8.24. The van der Waals surface area contributed by atoms with Crippen molar-refractivity contribution in [3.8, 4) is 5.75 Å². The first-order chi connectivity index (χ1) is 12.0. The molecule has 0 saturated heterocycles. The van der Waals surface area contributed by atoms with Crippen LogP contribution >= 0.6 is 0 Å². The Bertz CT molecular complexity index is 800. The van der Waals surface area contributed by atoms with Crippen molar-refractivity contribution >= 4 is 23.7 Å². The van der Waals surface area contributed by atoms with Gasteiger partial charge in [0.05, 0.1) is 31.1 Å². The topological polar surface area (TPSA) is 136 Å². The maximum Gasteiger partial charge on any atom is 0.287 e. The number of ether oxygens (including phenoxy) is 1. The van der Waals surface area contributed by atoms with E-state index < -0.39 is 16.7 Å². The van der Waals surface area contributed by atoms with Gasteiger partial charge in [0.1, 0.15) is 5.75 Å². The molecule has 0 aliphatic heterocycles. The fourth-order valence-corrected chi connectivity index (χ4v) is 1.80. The van der Waals surface area contributed by atoms with Gasteiger partial charge in [0.2, 0.25) is 0 Å². The number of nitro groups is 1. The van der Waals surface area contributed by atoms with Gasteiger partial charge in [0.25, 0.3) is 17.5 Å². The smallest absolute Gasteiger partial charge is 0.287 e. The first-order valence-corrected chi connectivity index (χ1v) is 6.97. The molecule has 2 N–H and O–H groups in total. The summed E-state index contributed by atoms with van der Waals surface area (Å²) in [4.78, 5) is 33.4. The Morgan fingerprint density at radius 1 is 1.40 bits per heavy atom. The Hall–Kier alpha value is -3.69. The molecule has 0 fully saturated rings. The van der Waals surface area contributed by atoms with Crippen molar-refractivity contribution in [1.29, 1.82) is 0 Å². The van der Waals surface area contributed by atoms with E-state index in [0.717, 1.165) is 0 Å². The minimum atomic E-state index is -0.583. The van der Waals surface area contributed by atoms with E-state index in [1.54, 1.807) is 6.07 Å². The van der Waals surface area contributed by atoms with E-state index in [1.807, 2.05) is 0 Å². The van der Waals surface area contributed by atoms with Crippen molar-refractivity contribution in [3.63, 3.8) is 0 Å². The second-order valence-corrected chi connectivity index (χ2v) is 4.64. The van der Waals surface area contributed by atoms with E-state index in [-0.39, 0.29) is 18.0 Å². The van der Waals surface area contributed by atoms with Gasteiger partial charge in [-0.25, -0.2) is 5.43 Å². The highest BCUT2D eigenvalue weighted by Crippen LogP contribution is 2.22. The monoisotopic (exact) mass is 346 g/mol. The van der Waals surface area contributed by atoms with Crippen LogP contribution in [0.4, 0.5) is 5.69 Å². The fraction of sp³-hybridized carbons (Fsp3) is 0.133. The lowest BCUT2D eigenvalue weighted by Crippen LogP contribution is -2.34. The van der Waals surface area contributed by atoms with E-state index in [4.69, 9.17) is 9.15 Å². The average molecular weight is 346 g/mol. The number of methoxy groups -OCH3 is 1. The van der Waals surface area contributed by atoms with Gasteiger partial charge in [-0.05, 0) is 18.2 Å². The molecule has 25 heavy (non-hydrogen) atoms. The molecular weight excluding hydrogens is 332 g/mol. The van der Waals surface area contributed by atoms with Crippen LogP contribution in [-0.4, -0.2) is 36.6 Å². The predicted molar refractivity (Wildman–Crippen MR) is 86.4 cm³/mol. The minimum absolute atomic E-state index is 0.0811. The van der Waals surface area contributed by atoms with Crippen LogP contribution in [0, 0.1) is 10.1 Å². The Morgan fingerprint density at radius 3 is 2.84 bits per heavy atom. The Balaban J connectivity index is 1.91. The molecular formula is C15H14N4O6. The van der Waals surface area contributed by atoms with Gasteiger partial charge in [-0.3, -0.25) is 19.7 Å². The average Bonchev–Trinajstić information content (AvgIpc) is 3.14. The van der Waals surface area contributed by atoms with Gasteiger partial charge in [-0.2, -0.15) is 5.10 Å². The molecule has 2 aromatic rings. The van der Waals surface area contributed by atoms with Gasteiger partial charge < -0.3 is 14.5 Å². The molecule has 10 nitrogen and oxygen atoms in total. The number of furan rings is 1. The Kier molecular flexibility index (Phi) is 5.82. The summed E-state index contributed by atoms with van der Waals surface area (Å²) in [5, 5.41) is 16.8. The molecule has 0 bridgehead atoms. The summed E-state index contributed by atoms with van der Waals surface area (Å²) in [5.74, 6) is -0.683. The third-order valence-corrected chi connectivity index (χ3v) is 2.97. The van der Waals surface area contributed by atoms with Crippen LogP contribution in [0.25, 0.3) is 0 Å². The molecule has 2 amide bonds. The molecule has 0 saturated carbocycles. The highest BCUT2D eigenvalue weighted by molar-refractivity contribution is 5.94. The van der Waals surface area contributed by atoms with Crippen molar-refractivity contribution in [2.24, 2.45) is 5.10 Å². The van der Waals surface area contributed by atoms with Gasteiger partial charge >= 0.3 is 0 Å². The summed E-state index contributed by atoms with van der Waals surface area (Å²) in [6.45, 7) is -0.317. The van der Waals surface area contributed by atoms with E-state index in [1.165, 1.54) is 43.9 Å². The van der Waals surface area contributed by atoms with E-state index in [2.05, 4.69) is 15.8 Å². The summed E-state index contributed by atoms with van der Waals surface area (Å²) in [5.41, 5.74) is 2.37. The molecule has 0 spiro atoms. The van der Waals surface area contributed by atoms with Crippen LogP contribution in [0.3, 0.4) is 0 Å². The molecule has 0 aliphatic rings. The number of carbonyl (C=O) groups is 2. The molecule has 130 valence electrons. The Morgan fingerprint density at radius 2 is 2.20 bits per heavy atom. The number of rotatable bonds is 7. The maximum absolute atomic E-state index is 11.6. The van der Waals surface area contributed by atoms with Crippen LogP contribution in [0.5, 0.6) is 5.75 Å². The lowest BCUT2D eigenvalue weighted by atomic mass is 10.2. The van der Waals surface area contributed by atoms with Crippen molar-refractivity contribution in [2.75, 3.05) is 13.7 Å². The third kappa shape index (κ3) is 4.89. The van der Waals surface area contributed by atoms with Crippen molar-refractivity contribution < 1.29 is 23.7 Å². The Labute approximate surface area is 141 Å². The first kappa shape index (κ1) is 17.7. The molecule has 2 rings (SSSR count). The zero-order valence-corrected chi connectivity index (χ0v) is 13.1. The molecule has 1 aromatic carbocycles. The largest absolute Gasteiger partial charge is 0.496 e. The molecule has 1 heterocycles. The van der Waals surface area contributed by atoms with Crippen molar-refractivity contribution in [3.05, 3.63) is 58.0 Å². The zero-order chi connectivity index (χ0) is 18.2. The number of nitrogens with zero attached hydrogens (tertiary/aromatic N) is 2. The highest BCUT2D eigenvalue weighted by atomic mass is 16.6. The molecule has 1 aromatic heterocycles. The van der Waals surface area contributed by atoms with Gasteiger partial charge in [-0.1, -0.05) is 0 Å². The van der Waals surface area contributed by atoms with Crippen LogP contribution in [-0.2, 0) is 4.79 Å². The van der Waals surface area contributed by atoms with Crippen molar-refractivity contribution in [1.82, 2.24) is 10.7 Å². The molecule has 0 atom stereocenters. The number of hydrazone groups is 1. The van der Waals surface area contributed by atoms with Crippen LogP contribution in [0.15, 0.2) is 46.1 Å². The number of nitrogens with one attached hydrogen (secondary N) is 2. The second-order valence-electron chi connectivity index (χ2n) is 4.64. The number of amides is 2. The van der Waals surface area contributed by atoms with Crippen molar-refractivity contribution in [2.45, 2.75) is 0 Å². The van der Waals surface area contributed by atoms with E-state index in [9.17, 15) is 19.7 Å². The summed E-state index contributed by atoms with van der Waals surface area (Å²) in [6, 6.07) is 6.97. The van der Waals surface area contributed by atoms with Gasteiger partial charge in [-0.15, -0.1) is 0 Å². The van der Waals surface area contributed by atoms with Gasteiger partial charge in [0.15, 0.2) is 5.76 Å². The first-order valence-electron chi connectivity index (χ1n) is 6.97. The molecule has 0 unspecified atom stereocenters. The van der Waals surface area contributed by atoms with E-state index >= 15 is 0 Å². The normalized spacial score (nSPS) is 10.4. The molecule has 0 aliphatic carbocycles. The number of non-ortho nitro benzene ring substituents is 1. The summed E-state index contributed by atoms with van der Waals surface area (Å²) in [6.07, 6.45) is 2.55. The number of carbonyl (C=O) groups excluding carboxylic acids is 2. The number of benzene rings is 1. The minimum Gasteiger partial charge on any atom is -0.496 e. The summed E-state index contributed by atoms with van der Waals surface area (Å²) < 4.78 is 9.94. The number of hydrogen-bond donors (Lipinski definition) is 2. The standard InChI is InChI=1S/C15H14N4O6/c1-24-12-5-4-11(19(22)23)7-10(12)8-17-18-14(20)9-16-15(21)13-3-2-6-25-13/h2-8H,9H2,1H3,(H,16,21)(H,18,20)/b17-8-. The fourth-order valence-electron chi connectivity index (χ4n) is 1.80. The maximum atomic E-state index is 11.6. The lowest BCUT2D eigenvalue weighted by Gasteiger charge is -2.04. The lowest BCUT2D eigenvalue weighted by molar-refractivity contribution is -0.384. The summed E-state index contributed by atoms with van der Waals surface area (Å²) in [7, 11) is 1.40. The van der Waals surface area contributed by atoms with Crippen LogP contribution in [0.2, 0.25) is 0 Å². The zero-order valence-electron chi connectivity index (χ0n) is 13.1.